The molecule has 2 heterocycles. The van der Waals surface area contributed by atoms with Gasteiger partial charge in [0.2, 0.25) is 0 Å². The smallest absolute Gasteiger partial charge is 0.320 e. The Morgan fingerprint density at radius 1 is 1.11 bits per heavy atom. The Bertz CT molecular complexity index is 966. The largest absolute Gasteiger partial charge is 0.378 e. The third kappa shape index (κ3) is 3.54. The van der Waals surface area contributed by atoms with E-state index in [4.69, 9.17) is 4.74 Å². The summed E-state index contributed by atoms with van der Waals surface area (Å²) in [5, 5.41) is 3.35. The molecule has 0 saturated carbocycles. The lowest BCUT2D eigenvalue weighted by Crippen LogP contribution is -2.36. The highest BCUT2D eigenvalue weighted by atomic mass is 19.3. The van der Waals surface area contributed by atoms with E-state index in [1.807, 2.05) is 26.0 Å². The molecule has 148 valence electrons. The standard InChI is InChI=1S/C21H24F2N4O/c1-14-13-16(26-9-11-28-12-10-26)7-8-17(14)24-15(2)20-25-18-5-3-4-6-19(18)27(20)21(22)23/h3-8,13,15,21,24H,9-12H2,1-2H3/t15-/m1/s1. The molecule has 0 bridgehead atoms. The number of anilines is 2. The quantitative estimate of drug-likeness (QED) is 0.687. The van der Waals surface area contributed by atoms with Gasteiger partial charge in [0.15, 0.2) is 0 Å². The molecule has 0 amide bonds. The van der Waals surface area contributed by atoms with Crippen LogP contribution in [0.5, 0.6) is 0 Å². The molecule has 1 saturated heterocycles. The predicted octanol–water partition coefficient (Wildman–Crippen LogP) is 4.75. The minimum atomic E-state index is -2.64. The van der Waals surface area contributed by atoms with Gasteiger partial charge in [-0.25, -0.2) is 4.98 Å². The van der Waals surface area contributed by atoms with E-state index in [2.05, 4.69) is 27.3 Å². The van der Waals surface area contributed by atoms with E-state index in [-0.39, 0.29) is 6.04 Å². The minimum Gasteiger partial charge on any atom is -0.378 e. The number of alkyl halides is 2. The van der Waals surface area contributed by atoms with Crippen molar-refractivity contribution >= 4 is 22.4 Å². The molecule has 0 spiro atoms. The van der Waals surface area contributed by atoms with Gasteiger partial charge in [0.1, 0.15) is 5.82 Å². The van der Waals surface area contributed by atoms with Crippen molar-refractivity contribution in [2.75, 3.05) is 36.5 Å². The Balaban J connectivity index is 1.59. The lowest BCUT2D eigenvalue weighted by Gasteiger charge is -2.29. The molecule has 28 heavy (non-hydrogen) atoms. The van der Waals surface area contributed by atoms with Crippen LogP contribution in [0.15, 0.2) is 42.5 Å². The lowest BCUT2D eigenvalue weighted by molar-refractivity contribution is 0.0708. The molecular formula is C21H24F2N4O. The van der Waals surface area contributed by atoms with Crippen molar-refractivity contribution < 1.29 is 13.5 Å². The van der Waals surface area contributed by atoms with Gasteiger partial charge in [0, 0.05) is 24.5 Å². The summed E-state index contributed by atoms with van der Waals surface area (Å²) in [6.45, 7) is 4.46. The summed E-state index contributed by atoms with van der Waals surface area (Å²) in [6.07, 6.45) is 0. The van der Waals surface area contributed by atoms with Crippen molar-refractivity contribution in [2.45, 2.75) is 26.4 Å². The zero-order valence-corrected chi connectivity index (χ0v) is 16.0. The van der Waals surface area contributed by atoms with Crippen LogP contribution in [-0.2, 0) is 4.74 Å². The third-order valence-corrected chi connectivity index (χ3v) is 5.16. The van der Waals surface area contributed by atoms with Crippen LogP contribution in [0.1, 0.15) is 30.9 Å². The van der Waals surface area contributed by atoms with Crippen LogP contribution in [0, 0.1) is 6.92 Å². The third-order valence-electron chi connectivity index (χ3n) is 5.16. The highest BCUT2D eigenvalue weighted by molar-refractivity contribution is 5.76. The van der Waals surface area contributed by atoms with Gasteiger partial charge in [0.25, 0.3) is 0 Å². The summed E-state index contributed by atoms with van der Waals surface area (Å²) < 4.78 is 33.8. The molecular weight excluding hydrogens is 362 g/mol. The second-order valence-corrected chi connectivity index (χ2v) is 7.07. The Morgan fingerprint density at radius 3 is 2.57 bits per heavy atom. The number of nitrogens with zero attached hydrogens (tertiary/aromatic N) is 3. The van der Waals surface area contributed by atoms with E-state index >= 15 is 0 Å². The maximum atomic E-state index is 13.7. The first-order chi connectivity index (χ1) is 13.5. The fourth-order valence-corrected chi connectivity index (χ4v) is 3.70. The summed E-state index contributed by atoms with van der Waals surface area (Å²) in [5.41, 5.74) is 4.15. The second-order valence-electron chi connectivity index (χ2n) is 7.07. The molecule has 1 aliphatic rings. The number of para-hydroxylation sites is 2. The molecule has 0 radical (unpaired) electrons. The summed E-state index contributed by atoms with van der Waals surface area (Å²) in [5.74, 6) is 0.327. The topological polar surface area (TPSA) is 42.3 Å². The van der Waals surface area contributed by atoms with Gasteiger partial charge in [-0.15, -0.1) is 0 Å². The van der Waals surface area contributed by atoms with E-state index in [1.165, 1.54) is 0 Å². The van der Waals surface area contributed by atoms with Gasteiger partial charge in [-0.1, -0.05) is 12.1 Å². The number of imidazole rings is 1. The molecule has 0 aliphatic carbocycles. The molecule has 3 aromatic rings. The molecule has 1 N–H and O–H groups in total. The van der Waals surface area contributed by atoms with E-state index in [1.54, 1.807) is 18.2 Å². The first-order valence-corrected chi connectivity index (χ1v) is 9.49. The Labute approximate surface area is 162 Å². The normalized spacial score (nSPS) is 16.0. The average molecular weight is 386 g/mol. The number of aryl methyl sites for hydroxylation is 1. The van der Waals surface area contributed by atoms with Gasteiger partial charge < -0.3 is 15.0 Å². The molecule has 5 nitrogen and oxygen atoms in total. The first kappa shape index (κ1) is 18.7. The van der Waals surface area contributed by atoms with Crippen LogP contribution in [0.4, 0.5) is 20.2 Å². The molecule has 7 heteroatoms. The summed E-state index contributed by atoms with van der Waals surface area (Å²) >= 11 is 0. The zero-order valence-electron chi connectivity index (χ0n) is 16.0. The van der Waals surface area contributed by atoms with Gasteiger partial charge in [0.05, 0.1) is 30.3 Å². The van der Waals surface area contributed by atoms with E-state index in [0.29, 0.717) is 16.9 Å². The van der Waals surface area contributed by atoms with Crippen molar-refractivity contribution in [3.63, 3.8) is 0 Å². The summed E-state index contributed by atoms with van der Waals surface area (Å²) in [4.78, 5) is 6.74. The van der Waals surface area contributed by atoms with Crippen molar-refractivity contribution in [2.24, 2.45) is 0 Å². The summed E-state index contributed by atoms with van der Waals surface area (Å²) in [7, 11) is 0. The Morgan fingerprint density at radius 2 is 1.86 bits per heavy atom. The molecule has 4 rings (SSSR count). The van der Waals surface area contributed by atoms with Crippen LogP contribution in [0.3, 0.4) is 0 Å². The molecule has 0 unspecified atom stereocenters. The number of morpholine rings is 1. The van der Waals surface area contributed by atoms with Crippen molar-refractivity contribution in [3.8, 4) is 0 Å². The number of hydrogen-bond acceptors (Lipinski definition) is 4. The fraction of sp³-hybridized carbons (Fsp3) is 0.381. The number of aromatic nitrogens is 2. The minimum absolute atomic E-state index is 0.327. The zero-order chi connectivity index (χ0) is 19.7. The SMILES string of the molecule is Cc1cc(N2CCOCC2)ccc1N[C@H](C)c1nc2ccccc2n1C(F)F. The number of nitrogens with one attached hydrogen (secondary N) is 1. The highest BCUT2D eigenvalue weighted by Gasteiger charge is 2.22. The van der Waals surface area contributed by atoms with E-state index < -0.39 is 6.55 Å². The predicted molar refractivity (Wildman–Crippen MR) is 107 cm³/mol. The molecule has 2 aromatic carbocycles. The number of ether oxygens (including phenoxy) is 1. The number of rotatable bonds is 5. The van der Waals surface area contributed by atoms with E-state index in [9.17, 15) is 8.78 Å². The van der Waals surface area contributed by atoms with Crippen LogP contribution in [-0.4, -0.2) is 35.9 Å². The van der Waals surface area contributed by atoms with Crippen LogP contribution in [0.25, 0.3) is 11.0 Å². The van der Waals surface area contributed by atoms with Gasteiger partial charge >= 0.3 is 6.55 Å². The number of hydrogen-bond donors (Lipinski definition) is 1. The lowest BCUT2D eigenvalue weighted by atomic mass is 10.1. The summed E-state index contributed by atoms with van der Waals surface area (Å²) in [6, 6.07) is 12.8. The maximum Gasteiger partial charge on any atom is 0.320 e. The van der Waals surface area contributed by atoms with Crippen LogP contribution >= 0.6 is 0 Å². The van der Waals surface area contributed by atoms with Gasteiger partial charge in [-0.3, -0.25) is 4.57 Å². The van der Waals surface area contributed by atoms with Crippen molar-refractivity contribution in [3.05, 3.63) is 53.9 Å². The van der Waals surface area contributed by atoms with E-state index in [0.717, 1.165) is 47.8 Å². The average Bonchev–Trinajstić information content (AvgIpc) is 3.10. The molecule has 1 atom stereocenters. The fourth-order valence-electron chi connectivity index (χ4n) is 3.70. The van der Waals surface area contributed by atoms with Crippen LogP contribution in [0.2, 0.25) is 0 Å². The number of benzene rings is 2. The Kier molecular flexibility index (Phi) is 5.17. The molecule has 1 aromatic heterocycles. The van der Waals surface area contributed by atoms with Gasteiger partial charge in [-0.05, 0) is 49.7 Å². The highest BCUT2D eigenvalue weighted by Crippen LogP contribution is 2.30. The second kappa shape index (κ2) is 7.75. The van der Waals surface area contributed by atoms with Crippen LogP contribution < -0.4 is 10.2 Å². The number of fused-ring (bicyclic) bond motifs is 1. The Hall–Kier alpha value is -2.67. The maximum absolute atomic E-state index is 13.7. The first-order valence-electron chi connectivity index (χ1n) is 9.49. The number of halogens is 2. The van der Waals surface area contributed by atoms with Crippen molar-refractivity contribution in [1.82, 2.24) is 9.55 Å². The van der Waals surface area contributed by atoms with Gasteiger partial charge in [-0.2, -0.15) is 8.78 Å². The molecule has 1 fully saturated rings. The monoisotopic (exact) mass is 386 g/mol. The van der Waals surface area contributed by atoms with Crippen molar-refractivity contribution in [1.29, 1.82) is 0 Å². The molecule has 1 aliphatic heterocycles.